The van der Waals surface area contributed by atoms with E-state index in [1.807, 2.05) is 0 Å². The maximum Gasteiger partial charge on any atom is 0.243 e. The van der Waals surface area contributed by atoms with E-state index in [4.69, 9.17) is 0 Å². The van der Waals surface area contributed by atoms with E-state index in [0.717, 1.165) is 38.2 Å². The number of rotatable bonds is 3. The second-order valence-corrected chi connectivity index (χ2v) is 8.73. The molecule has 0 aromatic heterocycles. The molecule has 0 heterocycles. The Morgan fingerprint density at radius 2 is 1.90 bits per heavy atom. The van der Waals surface area contributed by atoms with Gasteiger partial charge in [-0.25, -0.2) is 17.5 Å². The van der Waals surface area contributed by atoms with Gasteiger partial charge in [0.15, 0.2) is 0 Å². The lowest BCUT2D eigenvalue weighted by Crippen LogP contribution is -2.40. The zero-order valence-electron chi connectivity index (χ0n) is 10.8. The average Bonchev–Trinajstić information content (AvgIpc) is 2.54. The Balaban J connectivity index is 2.21. The van der Waals surface area contributed by atoms with Gasteiger partial charge in [-0.1, -0.05) is 51.1 Å². The summed E-state index contributed by atoms with van der Waals surface area (Å²) in [5, 5.41) is 0. The fourth-order valence-electron chi connectivity index (χ4n) is 2.35. The fourth-order valence-corrected chi connectivity index (χ4v) is 4.95. The van der Waals surface area contributed by atoms with Gasteiger partial charge in [-0.2, -0.15) is 0 Å². The molecule has 1 saturated carbocycles. The molecule has 0 radical (unpaired) electrons. The normalized spacial score (nSPS) is 24.4. The molecule has 3 nitrogen and oxygen atoms in total. The zero-order valence-corrected chi connectivity index (χ0v) is 14.8. The van der Waals surface area contributed by atoms with E-state index in [1.165, 1.54) is 12.1 Å². The molecule has 1 aromatic rings. The standard InChI is InChI=1S/C13H16Br2FNO2S/c14-9-6-7-13(11(16)8-9)20(18,19)17-12-5-3-1-2-4-10(12)15/h6-8,10,12,17H,1-5H2. The molecule has 1 aliphatic rings. The predicted octanol–water partition coefficient (Wildman–Crippen LogP) is 3.96. The van der Waals surface area contributed by atoms with Crippen molar-refractivity contribution >= 4 is 41.9 Å². The van der Waals surface area contributed by atoms with Gasteiger partial charge >= 0.3 is 0 Å². The number of nitrogens with one attached hydrogen (secondary N) is 1. The van der Waals surface area contributed by atoms with Crippen LogP contribution in [0.2, 0.25) is 0 Å². The summed E-state index contributed by atoms with van der Waals surface area (Å²) < 4.78 is 41.6. The lowest BCUT2D eigenvalue weighted by atomic mass is 10.1. The van der Waals surface area contributed by atoms with Crippen LogP contribution < -0.4 is 4.72 Å². The molecule has 1 fully saturated rings. The molecule has 20 heavy (non-hydrogen) atoms. The molecule has 0 aliphatic heterocycles. The molecule has 2 atom stereocenters. The molecular weight excluding hydrogens is 413 g/mol. The second kappa shape index (κ2) is 6.85. The molecule has 0 spiro atoms. The first-order chi connectivity index (χ1) is 9.40. The molecule has 0 bridgehead atoms. The van der Waals surface area contributed by atoms with Gasteiger partial charge in [-0.05, 0) is 31.0 Å². The van der Waals surface area contributed by atoms with E-state index in [0.29, 0.717) is 4.47 Å². The molecule has 1 aromatic carbocycles. The number of alkyl halides is 1. The summed E-state index contributed by atoms with van der Waals surface area (Å²) in [7, 11) is -3.83. The van der Waals surface area contributed by atoms with Gasteiger partial charge in [0.1, 0.15) is 10.7 Å². The van der Waals surface area contributed by atoms with Gasteiger partial charge in [-0.15, -0.1) is 0 Å². The summed E-state index contributed by atoms with van der Waals surface area (Å²) in [4.78, 5) is -0.206. The largest absolute Gasteiger partial charge is 0.243 e. The van der Waals surface area contributed by atoms with Crippen LogP contribution in [0.15, 0.2) is 27.6 Å². The molecule has 0 amide bonds. The molecule has 2 unspecified atom stereocenters. The zero-order chi connectivity index (χ0) is 14.8. The lowest BCUT2D eigenvalue weighted by molar-refractivity contribution is 0.512. The Morgan fingerprint density at radius 3 is 2.60 bits per heavy atom. The maximum absolute atomic E-state index is 13.8. The van der Waals surface area contributed by atoms with Crippen molar-refractivity contribution in [1.29, 1.82) is 0 Å². The van der Waals surface area contributed by atoms with Crippen LogP contribution in [-0.4, -0.2) is 19.3 Å². The fraction of sp³-hybridized carbons (Fsp3) is 0.538. The van der Waals surface area contributed by atoms with Gasteiger partial charge in [0.25, 0.3) is 0 Å². The summed E-state index contributed by atoms with van der Waals surface area (Å²) >= 11 is 6.65. The number of hydrogen-bond acceptors (Lipinski definition) is 2. The Bertz CT molecular complexity index is 580. The van der Waals surface area contributed by atoms with Crippen molar-refractivity contribution in [3.05, 3.63) is 28.5 Å². The number of hydrogen-bond donors (Lipinski definition) is 1. The highest BCUT2D eigenvalue weighted by Gasteiger charge is 2.28. The van der Waals surface area contributed by atoms with Crippen molar-refractivity contribution in [2.75, 3.05) is 0 Å². The van der Waals surface area contributed by atoms with Crippen LogP contribution in [0.3, 0.4) is 0 Å². The number of sulfonamides is 1. The predicted molar refractivity (Wildman–Crippen MR) is 84.0 cm³/mol. The van der Waals surface area contributed by atoms with Crippen LogP contribution in [-0.2, 0) is 10.0 Å². The minimum Gasteiger partial charge on any atom is -0.207 e. The lowest BCUT2D eigenvalue weighted by Gasteiger charge is -2.21. The minimum atomic E-state index is -3.83. The van der Waals surface area contributed by atoms with Crippen molar-refractivity contribution < 1.29 is 12.8 Å². The number of benzene rings is 1. The van der Waals surface area contributed by atoms with Crippen LogP contribution in [0.4, 0.5) is 4.39 Å². The van der Waals surface area contributed by atoms with Crippen molar-refractivity contribution in [2.24, 2.45) is 0 Å². The molecule has 1 aliphatic carbocycles. The highest BCUT2D eigenvalue weighted by molar-refractivity contribution is 9.10. The minimum absolute atomic E-state index is 0.0956. The van der Waals surface area contributed by atoms with Gasteiger partial charge < -0.3 is 0 Å². The first-order valence-corrected chi connectivity index (χ1v) is 9.71. The van der Waals surface area contributed by atoms with Crippen molar-refractivity contribution in [2.45, 2.75) is 47.9 Å². The van der Waals surface area contributed by atoms with E-state index < -0.39 is 15.8 Å². The van der Waals surface area contributed by atoms with E-state index >= 15 is 0 Å². The van der Waals surface area contributed by atoms with E-state index in [-0.39, 0.29) is 15.8 Å². The van der Waals surface area contributed by atoms with Crippen molar-refractivity contribution in [3.63, 3.8) is 0 Å². The molecular formula is C13H16Br2FNO2S. The van der Waals surface area contributed by atoms with Crippen LogP contribution in [0.1, 0.15) is 32.1 Å². The maximum atomic E-state index is 13.8. The summed E-state index contributed by atoms with van der Waals surface area (Å²) in [5.41, 5.74) is 0. The van der Waals surface area contributed by atoms with Crippen molar-refractivity contribution in [1.82, 2.24) is 4.72 Å². The Hall–Kier alpha value is 0.0200. The van der Waals surface area contributed by atoms with Crippen LogP contribution in [0.25, 0.3) is 0 Å². The third-order valence-corrected chi connectivity index (χ3v) is 6.53. The van der Waals surface area contributed by atoms with E-state index in [9.17, 15) is 12.8 Å². The SMILES string of the molecule is O=S(=O)(NC1CCCCCC1Br)c1ccc(Br)cc1F. The second-order valence-electron chi connectivity index (χ2n) is 4.96. The van der Waals surface area contributed by atoms with E-state index in [2.05, 4.69) is 36.6 Å². The first kappa shape index (κ1) is 16.4. The quantitative estimate of drug-likeness (QED) is 0.584. The van der Waals surface area contributed by atoms with Gasteiger partial charge in [0.2, 0.25) is 10.0 Å². The first-order valence-electron chi connectivity index (χ1n) is 6.51. The third kappa shape index (κ3) is 4.02. The number of halogens is 3. The van der Waals surface area contributed by atoms with E-state index in [1.54, 1.807) is 0 Å². The molecule has 1 N–H and O–H groups in total. The van der Waals surface area contributed by atoms with Crippen LogP contribution >= 0.6 is 31.9 Å². The average molecular weight is 429 g/mol. The van der Waals surface area contributed by atoms with Crippen molar-refractivity contribution in [3.8, 4) is 0 Å². The summed E-state index contributed by atoms with van der Waals surface area (Å²) in [6.07, 6.45) is 4.87. The van der Waals surface area contributed by atoms with Crippen LogP contribution in [0.5, 0.6) is 0 Å². The molecule has 2 rings (SSSR count). The topological polar surface area (TPSA) is 46.2 Å². The smallest absolute Gasteiger partial charge is 0.207 e. The van der Waals surface area contributed by atoms with Crippen LogP contribution in [0, 0.1) is 5.82 Å². The highest BCUT2D eigenvalue weighted by atomic mass is 79.9. The summed E-state index contributed by atoms with van der Waals surface area (Å²) in [5.74, 6) is -0.744. The summed E-state index contributed by atoms with van der Waals surface area (Å²) in [6.45, 7) is 0. The van der Waals surface area contributed by atoms with Gasteiger partial charge in [0, 0.05) is 15.3 Å². The third-order valence-electron chi connectivity index (χ3n) is 3.42. The highest BCUT2D eigenvalue weighted by Crippen LogP contribution is 2.26. The molecule has 0 saturated heterocycles. The monoisotopic (exact) mass is 427 g/mol. The molecule has 112 valence electrons. The van der Waals surface area contributed by atoms with Gasteiger partial charge in [0.05, 0.1) is 0 Å². The Morgan fingerprint density at radius 1 is 1.20 bits per heavy atom. The molecule has 7 heteroatoms. The Labute approximate surface area is 135 Å². The Kier molecular flexibility index (Phi) is 5.62. The van der Waals surface area contributed by atoms with Gasteiger partial charge in [-0.3, -0.25) is 0 Å². The summed E-state index contributed by atoms with van der Waals surface area (Å²) in [6, 6.07) is 3.77.